The second kappa shape index (κ2) is 9.94. The van der Waals surface area contributed by atoms with Crippen LogP contribution < -0.4 is 15.4 Å². The summed E-state index contributed by atoms with van der Waals surface area (Å²) in [4.78, 5) is 27.4. The van der Waals surface area contributed by atoms with Crippen molar-refractivity contribution in [3.63, 3.8) is 0 Å². The van der Waals surface area contributed by atoms with E-state index >= 15 is 0 Å². The van der Waals surface area contributed by atoms with Crippen LogP contribution in [0.25, 0.3) is 0 Å². The van der Waals surface area contributed by atoms with Gasteiger partial charge >= 0.3 is 0 Å². The van der Waals surface area contributed by atoms with Crippen molar-refractivity contribution in [2.75, 3.05) is 43.5 Å². The summed E-state index contributed by atoms with van der Waals surface area (Å²) in [7, 11) is 0. The quantitative estimate of drug-likeness (QED) is 0.554. The van der Waals surface area contributed by atoms with Gasteiger partial charge in [0.1, 0.15) is 11.8 Å². The molecular weight excluding hydrogens is 450 g/mol. The van der Waals surface area contributed by atoms with Crippen molar-refractivity contribution in [1.82, 2.24) is 25.1 Å². The third kappa shape index (κ3) is 4.85. The van der Waals surface area contributed by atoms with Gasteiger partial charge in [-0.2, -0.15) is 4.68 Å². The van der Waals surface area contributed by atoms with Crippen molar-refractivity contribution in [3.05, 3.63) is 71.4 Å². The number of tetrazole rings is 1. The van der Waals surface area contributed by atoms with Crippen LogP contribution in [0, 0.1) is 0 Å². The normalized spacial score (nSPS) is 17.4. The Hall–Kier alpha value is -4.25. The lowest BCUT2D eigenvalue weighted by atomic mass is 9.95. The Labute approximate surface area is 201 Å². The van der Waals surface area contributed by atoms with Crippen molar-refractivity contribution >= 4 is 23.5 Å². The molecule has 2 N–H and O–H groups in total. The molecule has 0 saturated carbocycles. The zero-order chi connectivity index (χ0) is 24.2. The highest BCUT2D eigenvalue weighted by atomic mass is 16.5. The van der Waals surface area contributed by atoms with Gasteiger partial charge in [0.15, 0.2) is 6.61 Å². The van der Waals surface area contributed by atoms with E-state index in [0.29, 0.717) is 55.0 Å². The molecule has 2 aromatic carbocycles. The number of carbonyl (C=O) groups is 2. The van der Waals surface area contributed by atoms with E-state index in [9.17, 15) is 9.59 Å². The number of anilines is 2. The molecule has 1 unspecified atom stereocenters. The first-order valence-corrected chi connectivity index (χ1v) is 11.3. The molecule has 3 heterocycles. The lowest BCUT2D eigenvalue weighted by Crippen LogP contribution is -2.42. The molecular formula is C24H25N7O4. The molecule has 0 radical (unpaired) electrons. The van der Waals surface area contributed by atoms with Crippen molar-refractivity contribution in [3.8, 4) is 5.75 Å². The number of hydrogen-bond donors (Lipinski definition) is 2. The molecule has 11 nitrogen and oxygen atoms in total. The van der Waals surface area contributed by atoms with Gasteiger partial charge in [0.25, 0.3) is 11.8 Å². The van der Waals surface area contributed by atoms with Gasteiger partial charge in [-0.05, 0) is 47.2 Å². The molecule has 1 atom stereocenters. The summed E-state index contributed by atoms with van der Waals surface area (Å²) in [6, 6.07) is 15.9. The summed E-state index contributed by atoms with van der Waals surface area (Å²) in [6.07, 6.45) is 0. The van der Waals surface area contributed by atoms with E-state index in [-0.39, 0.29) is 18.4 Å². The molecule has 3 aromatic rings. The summed E-state index contributed by atoms with van der Waals surface area (Å²) in [5.74, 6) is 0.661. The van der Waals surface area contributed by atoms with Crippen molar-refractivity contribution < 1.29 is 19.1 Å². The Morgan fingerprint density at radius 1 is 1.11 bits per heavy atom. The van der Waals surface area contributed by atoms with Gasteiger partial charge in [-0.3, -0.25) is 9.59 Å². The zero-order valence-corrected chi connectivity index (χ0v) is 19.2. The number of nitrogens with zero attached hydrogens (tertiary/aromatic N) is 5. The fourth-order valence-corrected chi connectivity index (χ4v) is 4.13. The summed E-state index contributed by atoms with van der Waals surface area (Å²) >= 11 is 0. The number of rotatable bonds is 6. The van der Waals surface area contributed by atoms with Crippen molar-refractivity contribution in [1.29, 1.82) is 0 Å². The van der Waals surface area contributed by atoms with E-state index in [4.69, 9.17) is 9.47 Å². The number of carbonyl (C=O) groups excluding carboxylic acids is 2. The smallest absolute Gasteiger partial charge is 0.260 e. The largest absolute Gasteiger partial charge is 0.484 e. The average molecular weight is 476 g/mol. The van der Waals surface area contributed by atoms with Gasteiger partial charge in [-0.1, -0.05) is 35.4 Å². The highest BCUT2D eigenvalue weighted by Crippen LogP contribution is 2.35. The van der Waals surface area contributed by atoms with Crippen LogP contribution in [-0.4, -0.2) is 69.8 Å². The standard InChI is InChI=1S/C24H25N7O4/c1-16-21(23(33)26-18-5-3-2-4-6-18)22(31-24(25-16)27-28-29-31)17-7-9-19(10-8-17)35-15-20(32)30-11-13-34-14-12-30/h2-10,22H,11-15H2,1H3,(H,26,33)(H,25,27,29). The fourth-order valence-electron chi connectivity index (χ4n) is 4.13. The number of benzene rings is 2. The van der Waals surface area contributed by atoms with Crippen LogP contribution in [0.2, 0.25) is 0 Å². The van der Waals surface area contributed by atoms with Crippen LogP contribution in [0.3, 0.4) is 0 Å². The number of fused-ring (bicyclic) bond motifs is 1. The second-order valence-corrected chi connectivity index (χ2v) is 8.18. The van der Waals surface area contributed by atoms with E-state index in [2.05, 4.69) is 26.2 Å². The lowest BCUT2D eigenvalue weighted by molar-refractivity contribution is -0.137. The van der Waals surface area contributed by atoms with Gasteiger partial charge in [0.2, 0.25) is 5.95 Å². The fraction of sp³-hybridized carbons (Fsp3) is 0.292. The molecule has 2 aliphatic heterocycles. The zero-order valence-electron chi connectivity index (χ0n) is 19.2. The van der Waals surface area contributed by atoms with Gasteiger partial charge in [-0.15, -0.1) is 0 Å². The van der Waals surface area contributed by atoms with Crippen LogP contribution in [-0.2, 0) is 14.3 Å². The van der Waals surface area contributed by atoms with Crippen molar-refractivity contribution in [2.24, 2.45) is 0 Å². The average Bonchev–Trinajstić information content (AvgIpc) is 3.36. The third-order valence-corrected chi connectivity index (χ3v) is 5.91. The van der Waals surface area contributed by atoms with Gasteiger partial charge < -0.3 is 25.0 Å². The first-order chi connectivity index (χ1) is 17.1. The van der Waals surface area contributed by atoms with Crippen molar-refractivity contribution in [2.45, 2.75) is 13.0 Å². The lowest BCUT2D eigenvalue weighted by Gasteiger charge is -2.28. The minimum absolute atomic E-state index is 0.0480. The topological polar surface area (TPSA) is 124 Å². The van der Waals surface area contributed by atoms with Crippen LogP contribution in [0.4, 0.5) is 11.6 Å². The maximum absolute atomic E-state index is 13.3. The molecule has 2 amide bonds. The van der Waals surface area contributed by atoms with Gasteiger partial charge in [-0.25, -0.2) is 0 Å². The predicted octanol–water partition coefficient (Wildman–Crippen LogP) is 1.84. The minimum Gasteiger partial charge on any atom is -0.484 e. The number of hydrogen-bond acceptors (Lipinski definition) is 8. The Bertz CT molecular complexity index is 1230. The molecule has 2 aliphatic rings. The molecule has 0 bridgehead atoms. The molecule has 11 heteroatoms. The van der Waals surface area contributed by atoms with E-state index in [0.717, 1.165) is 5.56 Å². The summed E-state index contributed by atoms with van der Waals surface area (Å²) in [6.45, 7) is 4.01. The molecule has 0 aliphatic carbocycles. The number of allylic oxidation sites excluding steroid dienone is 1. The minimum atomic E-state index is -0.547. The van der Waals surface area contributed by atoms with Crippen LogP contribution in [0.15, 0.2) is 65.9 Å². The summed E-state index contributed by atoms with van der Waals surface area (Å²) < 4.78 is 12.6. The van der Waals surface area contributed by atoms with Crippen LogP contribution in [0.5, 0.6) is 5.75 Å². The maximum atomic E-state index is 13.3. The highest BCUT2D eigenvalue weighted by molar-refractivity contribution is 6.06. The number of para-hydroxylation sites is 1. The summed E-state index contributed by atoms with van der Waals surface area (Å²) in [5.41, 5.74) is 2.63. The molecule has 0 spiro atoms. The first-order valence-electron chi connectivity index (χ1n) is 11.3. The molecule has 1 aromatic heterocycles. The molecule has 35 heavy (non-hydrogen) atoms. The predicted molar refractivity (Wildman–Crippen MR) is 127 cm³/mol. The Morgan fingerprint density at radius 3 is 2.60 bits per heavy atom. The second-order valence-electron chi connectivity index (χ2n) is 8.18. The molecule has 1 saturated heterocycles. The van der Waals surface area contributed by atoms with E-state index in [1.807, 2.05) is 49.4 Å². The van der Waals surface area contributed by atoms with E-state index < -0.39 is 6.04 Å². The number of aromatic nitrogens is 4. The first kappa shape index (κ1) is 22.5. The summed E-state index contributed by atoms with van der Waals surface area (Å²) in [5, 5.41) is 17.9. The Balaban J connectivity index is 1.35. The van der Waals surface area contributed by atoms with Gasteiger partial charge in [0.05, 0.1) is 18.8 Å². The molecule has 180 valence electrons. The SMILES string of the molecule is CC1=C(C(=O)Nc2ccccc2)C(c2ccc(OCC(=O)N3CCOCC3)cc2)n2nnnc2N1. The Kier molecular flexibility index (Phi) is 6.40. The van der Waals surface area contributed by atoms with E-state index in [1.54, 1.807) is 21.7 Å². The van der Waals surface area contributed by atoms with Gasteiger partial charge in [0, 0.05) is 24.5 Å². The highest BCUT2D eigenvalue weighted by Gasteiger charge is 2.34. The monoisotopic (exact) mass is 475 g/mol. The van der Waals surface area contributed by atoms with Crippen LogP contribution in [0.1, 0.15) is 18.5 Å². The maximum Gasteiger partial charge on any atom is 0.260 e. The van der Waals surface area contributed by atoms with Crippen LogP contribution >= 0.6 is 0 Å². The number of nitrogens with one attached hydrogen (secondary N) is 2. The Morgan fingerprint density at radius 2 is 1.86 bits per heavy atom. The number of ether oxygens (including phenoxy) is 2. The van der Waals surface area contributed by atoms with E-state index in [1.165, 1.54) is 0 Å². The number of morpholine rings is 1. The molecule has 5 rings (SSSR count). The molecule has 1 fully saturated rings. The third-order valence-electron chi connectivity index (χ3n) is 5.91. The number of amides is 2.